The van der Waals surface area contributed by atoms with Crippen molar-refractivity contribution < 1.29 is 4.79 Å². The van der Waals surface area contributed by atoms with E-state index >= 15 is 0 Å². The third kappa shape index (κ3) is 6.56. The topological polar surface area (TPSA) is 29.1 Å². The van der Waals surface area contributed by atoms with Gasteiger partial charge in [-0.1, -0.05) is 6.92 Å². The molecule has 0 rings (SSSR count). The normalized spacial score (nSPS) is 12.6. The maximum Gasteiger partial charge on any atom is 0.229 e. The van der Waals surface area contributed by atoms with Crippen molar-refractivity contribution in [1.82, 2.24) is 5.32 Å². The predicted octanol–water partition coefficient (Wildman–Crippen LogP) is 1.03. The molecule has 66 valence electrons. The molecule has 1 N–H and O–H groups in total. The maximum absolute atomic E-state index is 10.7. The second kappa shape index (κ2) is 6.85. The highest BCUT2D eigenvalue weighted by Gasteiger charge is 2.02. The average molecular weight is 193 g/mol. The summed E-state index contributed by atoms with van der Waals surface area (Å²) in [6, 6.07) is 0. The van der Waals surface area contributed by atoms with Gasteiger partial charge in [0.15, 0.2) is 0 Å². The Labute approximate surface area is 77.9 Å². The molecule has 4 heteroatoms. The van der Waals surface area contributed by atoms with E-state index in [1.165, 1.54) is 0 Å². The van der Waals surface area contributed by atoms with Crippen LogP contribution < -0.4 is 5.32 Å². The summed E-state index contributed by atoms with van der Waals surface area (Å²) >= 11 is 5.65. The molecule has 2 nitrogen and oxygen atoms in total. The first-order chi connectivity index (χ1) is 5.20. The summed E-state index contributed by atoms with van der Waals surface area (Å²) in [6.45, 7) is 2.88. The Bertz CT molecular complexity index is 119. The van der Waals surface area contributed by atoms with Crippen LogP contribution in [0.4, 0.5) is 0 Å². The fourth-order valence-corrected chi connectivity index (χ4v) is 1.49. The van der Waals surface area contributed by atoms with Gasteiger partial charge in [-0.25, -0.2) is 0 Å². The van der Waals surface area contributed by atoms with Gasteiger partial charge in [0.1, 0.15) is 0 Å². The molecule has 1 unspecified atom stereocenters. The van der Waals surface area contributed by atoms with Gasteiger partial charge in [0, 0.05) is 6.54 Å². The zero-order chi connectivity index (χ0) is 8.69. The minimum atomic E-state index is 0.0151. The van der Waals surface area contributed by atoms with Crippen molar-refractivity contribution in [3.63, 3.8) is 0 Å². The van der Waals surface area contributed by atoms with E-state index in [0.717, 1.165) is 12.3 Å². The molecule has 1 amide bonds. The Hall–Kier alpha value is 0.170. The van der Waals surface area contributed by atoms with Gasteiger partial charge in [-0.05, 0) is 17.9 Å². The van der Waals surface area contributed by atoms with Crippen molar-refractivity contribution in [1.29, 1.82) is 0 Å². The number of carbonyl (C=O) groups is 1. The number of nitrogens with one attached hydrogen (secondary N) is 1. The number of rotatable bonds is 5. The Kier molecular flexibility index (Phi) is 6.96. The highest BCUT2D eigenvalue weighted by molar-refractivity contribution is 7.98. The van der Waals surface area contributed by atoms with Crippen LogP contribution in [0.1, 0.15) is 6.92 Å². The van der Waals surface area contributed by atoms with E-state index in [0.29, 0.717) is 5.92 Å². The lowest BCUT2D eigenvalue weighted by Gasteiger charge is -2.09. The van der Waals surface area contributed by atoms with E-state index < -0.39 is 0 Å². The molecule has 0 fully saturated rings. The summed E-state index contributed by atoms with van der Waals surface area (Å²) in [6.07, 6.45) is 2.07. The zero-order valence-corrected chi connectivity index (χ0v) is 8.67. The highest BCUT2D eigenvalue weighted by Crippen LogP contribution is 2.02. The average Bonchev–Trinajstić information content (AvgIpc) is 2.01. The van der Waals surface area contributed by atoms with Crippen LogP contribution in [-0.4, -0.2) is 30.2 Å². The molecule has 0 aliphatic rings. The molecule has 0 bridgehead atoms. The van der Waals surface area contributed by atoms with Crippen molar-refractivity contribution in [2.24, 2.45) is 5.92 Å². The Morgan fingerprint density at radius 2 is 2.36 bits per heavy atom. The minimum Gasteiger partial charge on any atom is -0.355 e. The molecule has 0 aliphatic heterocycles. The summed E-state index contributed by atoms with van der Waals surface area (Å²) in [5.74, 6) is 1.94. The molecule has 0 aromatic heterocycles. The van der Waals surface area contributed by atoms with Gasteiger partial charge < -0.3 is 5.32 Å². The van der Waals surface area contributed by atoms with Gasteiger partial charge in [-0.2, -0.15) is 24.4 Å². The quantitative estimate of drug-likeness (QED) is 0.639. The standard InChI is InChI=1S/C7H15NOS2/c1-6(5-11-2)3-8-7(9)4-10/h6,10H,3-5H2,1-2H3,(H,8,9). The first-order valence-corrected chi connectivity index (χ1v) is 5.59. The third-order valence-electron chi connectivity index (χ3n) is 1.24. The Morgan fingerprint density at radius 1 is 1.73 bits per heavy atom. The molecule has 0 aromatic rings. The SMILES string of the molecule is CSCC(C)CNC(=O)CS. The van der Waals surface area contributed by atoms with Crippen molar-refractivity contribution in [3.05, 3.63) is 0 Å². The highest BCUT2D eigenvalue weighted by atomic mass is 32.2. The van der Waals surface area contributed by atoms with E-state index in [1.54, 1.807) is 11.8 Å². The van der Waals surface area contributed by atoms with Crippen molar-refractivity contribution in [3.8, 4) is 0 Å². The van der Waals surface area contributed by atoms with E-state index in [1.807, 2.05) is 0 Å². The summed E-state index contributed by atoms with van der Waals surface area (Å²) in [5.41, 5.74) is 0. The second-order valence-electron chi connectivity index (χ2n) is 2.52. The molecule has 0 saturated carbocycles. The monoisotopic (exact) mass is 193 g/mol. The summed E-state index contributed by atoms with van der Waals surface area (Å²) in [7, 11) is 0. The summed E-state index contributed by atoms with van der Waals surface area (Å²) < 4.78 is 0. The Balaban J connectivity index is 3.29. The lowest BCUT2D eigenvalue weighted by Crippen LogP contribution is -2.29. The molecular weight excluding hydrogens is 178 g/mol. The molecule has 0 aliphatic carbocycles. The number of carbonyl (C=O) groups excluding carboxylic acids is 1. The van der Waals surface area contributed by atoms with Crippen molar-refractivity contribution in [2.75, 3.05) is 24.3 Å². The first kappa shape index (κ1) is 11.2. The Morgan fingerprint density at radius 3 is 2.82 bits per heavy atom. The van der Waals surface area contributed by atoms with Crippen LogP contribution >= 0.6 is 24.4 Å². The van der Waals surface area contributed by atoms with Gasteiger partial charge in [0.25, 0.3) is 0 Å². The maximum atomic E-state index is 10.7. The first-order valence-electron chi connectivity index (χ1n) is 3.57. The van der Waals surface area contributed by atoms with E-state index in [4.69, 9.17) is 0 Å². The lowest BCUT2D eigenvalue weighted by atomic mass is 10.2. The molecular formula is C7H15NOS2. The van der Waals surface area contributed by atoms with E-state index in [9.17, 15) is 4.79 Å². The molecule has 0 radical (unpaired) electrons. The third-order valence-corrected chi connectivity index (χ3v) is 2.43. The second-order valence-corrected chi connectivity index (χ2v) is 3.75. The molecule has 0 aromatic carbocycles. The van der Waals surface area contributed by atoms with Crippen molar-refractivity contribution >= 4 is 30.3 Å². The largest absolute Gasteiger partial charge is 0.355 e. The fraction of sp³-hybridized carbons (Fsp3) is 0.857. The van der Waals surface area contributed by atoms with Crippen LogP contribution in [0.3, 0.4) is 0 Å². The molecule has 0 heterocycles. The molecule has 11 heavy (non-hydrogen) atoms. The van der Waals surface area contributed by atoms with Gasteiger partial charge >= 0.3 is 0 Å². The van der Waals surface area contributed by atoms with Crippen LogP contribution in [-0.2, 0) is 4.79 Å². The smallest absolute Gasteiger partial charge is 0.229 e. The molecule has 0 saturated heterocycles. The number of amides is 1. The minimum absolute atomic E-state index is 0.0151. The molecule has 1 atom stereocenters. The van der Waals surface area contributed by atoms with Crippen molar-refractivity contribution in [2.45, 2.75) is 6.92 Å². The van der Waals surface area contributed by atoms with Crippen LogP contribution in [0.15, 0.2) is 0 Å². The van der Waals surface area contributed by atoms with Crippen LogP contribution in [0.5, 0.6) is 0 Å². The number of hydrogen-bond donors (Lipinski definition) is 2. The zero-order valence-electron chi connectivity index (χ0n) is 6.96. The number of thiol groups is 1. The van der Waals surface area contributed by atoms with Gasteiger partial charge in [0.2, 0.25) is 5.91 Å². The summed E-state index contributed by atoms with van der Waals surface area (Å²) in [4.78, 5) is 10.7. The lowest BCUT2D eigenvalue weighted by molar-refractivity contribution is -0.118. The van der Waals surface area contributed by atoms with Crippen LogP contribution in [0.25, 0.3) is 0 Å². The van der Waals surface area contributed by atoms with Gasteiger partial charge in [-0.15, -0.1) is 0 Å². The number of hydrogen-bond acceptors (Lipinski definition) is 3. The molecule has 0 spiro atoms. The van der Waals surface area contributed by atoms with E-state index in [2.05, 4.69) is 31.1 Å². The van der Waals surface area contributed by atoms with Crippen LogP contribution in [0.2, 0.25) is 0 Å². The van der Waals surface area contributed by atoms with E-state index in [-0.39, 0.29) is 11.7 Å². The number of thioether (sulfide) groups is 1. The van der Waals surface area contributed by atoms with Gasteiger partial charge in [0.05, 0.1) is 5.75 Å². The fourth-order valence-electron chi connectivity index (χ4n) is 0.687. The predicted molar refractivity (Wildman–Crippen MR) is 54.4 cm³/mol. The summed E-state index contributed by atoms with van der Waals surface area (Å²) in [5, 5.41) is 2.79. The van der Waals surface area contributed by atoms with Gasteiger partial charge in [-0.3, -0.25) is 4.79 Å². The van der Waals surface area contributed by atoms with Crippen LogP contribution in [0, 0.1) is 5.92 Å².